The Labute approximate surface area is 170 Å². The minimum absolute atomic E-state index is 0.186. The summed E-state index contributed by atoms with van der Waals surface area (Å²) in [5, 5.41) is 12.4. The van der Waals surface area contributed by atoms with Crippen molar-refractivity contribution in [3.8, 4) is 16.9 Å². The fourth-order valence-corrected chi connectivity index (χ4v) is 3.07. The highest BCUT2D eigenvalue weighted by atomic mass is 35.5. The Hall–Kier alpha value is -3.15. The third-order valence-electron chi connectivity index (χ3n) is 4.11. The second-order valence-electron chi connectivity index (χ2n) is 5.97. The van der Waals surface area contributed by atoms with E-state index in [9.17, 15) is 4.79 Å². The topological polar surface area (TPSA) is 62.5 Å². The molecule has 0 spiro atoms. The van der Waals surface area contributed by atoms with Crippen LogP contribution in [0.5, 0.6) is 0 Å². The molecule has 0 aliphatic rings. The van der Waals surface area contributed by atoms with E-state index in [2.05, 4.69) is 15.3 Å². The minimum atomic E-state index is -0.313. The quantitative estimate of drug-likeness (QED) is 0.382. The fraction of sp³-hybridized carbons (Fsp3) is 0. The number of aromatic amines is 1. The Balaban J connectivity index is 1.88. The lowest BCUT2D eigenvalue weighted by Gasteiger charge is -2.01. The third kappa shape index (κ3) is 3.63. The first-order chi connectivity index (χ1) is 13.6. The number of rotatable bonds is 4. The van der Waals surface area contributed by atoms with Crippen LogP contribution in [0, 0.1) is 0 Å². The molecule has 1 aromatic heterocycles. The van der Waals surface area contributed by atoms with Crippen LogP contribution in [0.25, 0.3) is 16.9 Å². The third-order valence-corrected chi connectivity index (χ3v) is 4.66. The molecule has 4 rings (SSSR count). The molecule has 28 heavy (non-hydrogen) atoms. The number of aromatic nitrogens is 2. The smallest absolute Gasteiger partial charge is 0.288 e. The molecular formula is C21H14Cl2N4O. The molecule has 0 unspecified atom stereocenters. The van der Waals surface area contributed by atoms with Gasteiger partial charge in [0.05, 0.1) is 16.4 Å². The molecule has 0 saturated carbocycles. The van der Waals surface area contributed by atoms with E-state index in [1.54, 1.807) is 18.2 Å². The summed E-state index contributed by atoms with van der Waals surface area (Å²) in [6.07, 6.45) is 0. The molecule has 4 aromatic rings. The van der Waals surface area contributed by atoms with Crippen molar-refractivity contribution >= 4 is 34.6 Å². The van der Waals surface area contributed by atoms with Crippen molar-refractivity contribution in [3.63, 3.8) is 0 Å². The van der Waals surface area contributed by atoms with E-state index < -0.39 is 0 Å². The first kappa shape index (κ1) is 18.2. The van der Waals surface area contributed by atoms with Crippen molar-refractivity contribution in [3.05, 3.63) is 99.3 Å². The largest absolute Gasteiger partial charge is 0.299 e. The second kappa shape index (κ2) is 7.84. The number of nitrogens with zero attached hydrogens (tertiary/aromatic N) is 3. The van der Waals surface area contributed by atoms with E-state index >= 15 is 0 Å². The number of benzene rings is 3. The Kier molecular flexibility index (Phi) is 5.10. The van der Waals surface area contributed by atoms with Crippen LogP contribution in [0.4, 0.5) is 11.4 Å². The second-order valence-corrected chi connectivity index (χ2v) is 6.82. The van der Waals surface area contributed by atoms with Crippen LogP contribution < -0.4 is 5.56 Å². The fourth-order valence-electron chi connectivity index (χ4n) is 2.75. The first-order valence-corrected chi connectivity index (χ1v) is 9.22. The molecule has 0 amide bonds. The maximum absolute atomic E-state index is 13.1. The number of para-hydroxylation sites is 1. The molecule has 0 radical (unpaired) electrons. The number of azo groups is 1. The number of halogens is 2. The number of H-pyrrole nitrogens is 1. The zero-order valence-corrected chi connectivity index (χ0v) is 16.0. The van der Waals surface area contributed by atoms with Gasteiger partial charge in [-0.3, -0.25) is 9.89 Å². The van der Waals surface area contributed by atoms with Crippen LogP contribution in [-0.2, 0) is 0 Å². The normalized spacial score (nSPS) is 11.2. The van der Waals surface area contributed by atoms with Gasteiger partial charge in [0.15, 0.2) is 5.69 Å². The zero-order chi connectivity index (χ0) is 19.5. The first-order valence-electron chi connectivity index (χ1n) is 8.46. The van der Waals surface area contributed by atoms with Gasteiger partial charge in [-0.1, -0.05) is 71.7 Å². The van der Waals surface area contributed by atoms with Gasteiger partial charge in [0.2, 0.25) is 0 Å². The molecule has 1 N–H and O–H groups in total. The molecule has 0 atom stereocenters. The molecular weight excluding hydrogens is 395 g/mol. The van der Waals surface area contributed by atoms with E-state index in [1.165, 1.54) is 4.68 Å². The summed E-state index contributed by atoms with van der Waals surface area (Å²) in [5.74, 6) is 0. The minimum Gasteiger partial charge on any atom is -0.288 e. The maximum atomic E-state index is 13.1. The lowest BCUT2D eigenvalue weighted by Crippen LogP contribution is -2.13. The van der Waals surface area contributed by atoms with Gasteiger partial charge in [0.1, 0.15) is 5.69 Å². The van der Waals surface area contributed by atoms with Crippen molar-refractivity contribution < 1.29 is 0 Å². The molecule has 0 aliphatic heterocycles. The average Bonchev–Trinajstić information content (AvgIpc) is 3.06. The van der Waals surface area contributed by atoms with Crippen LogP contribution in [0.15, 0.2) is 93.9 Å². The van der Waals surface area contributed by atoms with Gasteiger partial charge in [-0.15, -0.1) is 10.2 Å². The SMILES string of the molecule is O=c1c(N=Nc2cc(Cl)ccc2Cl)c(-c2ccccc2)[nH]n1-c1ccccc1. The highest BCUT2D eigenvalue weighted by Gasteiger charge is 2.17. The van der Waals surface area contributed by atoms with E-state index in [-0.39, 0.29) is 11.2 Å². The van der Waals surface area contributed by atoms with Gasteiger partial charge in [-0.25, -0.2) is 4.68 Å². The van der Waals surface area contributed by atoms with Crippen LogP contribution >= 0.6 is 23.2 Å². The molecule has 1 heterocycles. The van der Waals surface area contributed by atoms with E-state index in [4.69, 9.17) is 23.2 Å². The Bertz CT molecular complexity index is 1200. The molecule has 0 aliphatic carbocycles. The lowest BCUT2D eigenvalue weighted by atomic mass is 10.1. The average molecular weight is 409 g/mol. The van der Waals surface area contributed by atoms with Crippen molar-refractivity contribution in [2.45, 2.75) is 0 Å². The molecule has 5 nitrogen and oxygen atoms in total. The van der Waals surface area contributed by atoms with Gasteiger partial charge >= 0.3 is 0 Å². The van der Waals surface area contributed by atoms with Crippen LogP contribution in [0.1, 0.15) is 0 Å². The number of nitrogens with one attached hydrogen (secondary N) is 1. The monoisotopic (exact) mass is 408 g/mol. The zero-order valence-electron chi connectivity index (χ0n) is 14.5. The predicted molar refractivity (Wildman–Crippen MR) is 112 cm³/mol. The number of hydrogen-bond acceptors (Lipinski definition) is 3. The summed E-state index contributed by atoms with van der Waals surface area (Å²) in [6.45, 7) is 0. The van der Waals surface area contributed by atoms with Gasteiger partial charge < -0.3 is 0 Å². The molecule has 7 heteroatoms. The van der Waals surface area contributed by atoms with Crippen molar-refractivity contribution in [2.75, 3.05) is 0 Å². The summed E-state index contributed by atoms with van der Waals surface area (Å²) in [6, 6.07) is 23.6. The Morgan fingerprint density at radius 3 is 2.21 bits per heavy atom. The number of hydrogen-bond donors (Lipinski definition) is 1. The summed E-state index contributed by atoms with van der Waals surface area (Å²) >= 11 is 12.2. The molecule has 0 bridgehead atoms. The molecule has 0 saturated heterocycles. The van der Waals surface area contributed by atoms with Crippen molar-refractivity contribution in [2.24, 2.45) is 10.2 Å². The van der Waals surface area contributed by atoms with E-state index in [0.717, 1.165) is 5.56 Å². The van der Waals surface area contributed by atoms with Gasteiger partial charge in [0.25, 0.3) is 5.56 Å². The summed E-state index contributed by atoms with van der Waals surface area (Å²) in [5.41, 5.74) is 2.35. The molecule has 0 fully saturated rings. The summed E-state index contributed by atoms with van der Waals surface area (Å²) < 4.78 is 1.44. The highest BCUT2D eigenvalue weighted by Crippen LogP contribution is 2.32. The molecule has 3 aromatic carbocycles. The van der Waals surface area contributed by atoms with Crippen LogP contribution in [0.3, 0.4) is 0 Å². The lowest BCUT2D eigenvalue weighted by molar-refractivity contribution is 0.852. The predicted octanol–water partition coefficient (Wildman–Crippen LogP) is 6.55. The highest BCUT2D eigenvalue weighted by molar-refractivity contribution is 6.35. The van der Waals surface area contributed by atoms with Gasteiger partial charge in [-0.05, 0) is 30.3 Å². The van der Waals surface area contributed by atoms with Gasteiger partial charge in [-0.2, -0.15) is 0 Å². The summed E-state index contributed by atoms with van der Waals surface area (Å²) in [4.78, 5) is 13.1. The molecule has 138 valence electrons. The maximum Gasteiger partial charge on any atom is 0.299 e. The van der Waals surface area contributed by atoms with Crippen molar-refractivity contribution in [1.82, 2.24) is 9.78 Å². The Morgan fingerprint density at radius 2 is 1.50 bits per heavy atom. The van der Waals surface area contributed by atoms with Crippen LogP contribution in [0.2, 0.25) is 10.0 Å². The van der Waals surface area contributed by atoms with E-state index in [1.807, 2.05) is 60.7 Å². The Morgan fingerprint density at radius 1 is 0.821 bits per heavy atom. The van der Waals surface area contributed by atoms with E-state index in [0.29, 0.717) is 27.1 Å². The van der Waals surface area contributed by atoms with Gasteiger partial charge in [0, 0.05) is 10.6 Å². The van der Waals surface area contributed by atoms with Crippen molar-refractivity contribution in [1.29, 1.82) is 0 Å². The standard InChI is InChI=1S/C21H14Cl2N4O/c22-15-11-12-17(23)18(13-15)24-25-20-19(14-7-3-1-4-8-14)26-27(21(20)28)16-9-5-2-6-10-16/h1-13,26H. The summed E-state index contributed by atoms with van der Waals surface area (Å²) in [7, 11) is 0. The van der Waals surface area contributed by atoms with Crippen LogP contribution in [-0.4, -0.2) is 9.78 Å².